The lowest BCUT2D eigenvalue weighted by Crippen LogP contribution is -2.07. The molecule has 0 spiro atoms. The van der Waals surface area contributed by atoms with E-state index in [0.717, 1.165) is 5.92 Å². The van der Waals surface area contributed by atoms with Gasteiger partial charge in [0.2, 0.25) is 0 Å². The van der Waals surface area contributed by atoms with E-state index >= 15 is 0 Å². The van der Waals surface area contributed by atoms with E-state index in [1.165, 1.54) is 74.7 Å². The van der Waals surface area contributed by atoms with Crippen LogP contribution in [0.15, 0.2) is 12.1 Å². The number of hydrogen-bond donors (Lipinski definition) is 0. The highest BCUT2D eigenvalue weighted by atomic mass is 14.7. The summed E-state index contributed by atoms with van der Waals surface area (Å²) < 4.78 is 0. The summed E-state index contributed by atoms with van der Waals surface area (Å²) in [6.45, 7) is 7.00. The van der Waals surface area contributed by atoms with Crippen LogP contribution in [0.5, 0.6) is 0 Å². The van der Waals surface area contributed by atoms with Gasteiger partial charge in [0, 0.05) is 11.4 Å². The summed E-state index contributed by atoms with van der Waals surface area (Å²) >= 11 is 0. The van der Waals surface area contributed by atoms with E-state index in [-0.39, 0.29) is 0 Å². The van der Waals surface area contributed by atoms with Crippen LogP contribution in [0.25, 0.3) is 0 Å². The molecule has 0 bridgehead atoms. The van der Waals surface area contributed by atoms with Crippen molar-refractivity contribution in [2.24, 2.45) is 5.92 Å². The fourth-order valence-corrected chi connectivity index (χ4v) is 3.42. The fourth-order valence-electron chi connectivity index (χ4n) is 3.42. The molecule has 0 saturated heterocycles. The molecule has 1 aromatic rings. The van der Waals surface area contributed by atoms with E-state index < -0.39 is 0 Å². The normalized spacial score (nSPS) is 22.1. The molecule has 0 aromatic carbocycles. The maximum atomic E-state index is 5.03. The average Bonchev–Trinajstić information content (AvgIpc) is 2.45. The Bertz CT molecular complexity index is 410. The first-order valence-electron chi connectivity index (χ1n) is 8.69. The first kappa shape index (κ1) is 15.5. The second kappa shape index (κ2) is 7.81. The van der Waals surface area contributed by atoms with Gasteiger partial charge in [-0.05, 0) is 55.6 Å². The lowest BCUT2D eigenvalue weighted by Gasteiger charge is -2.18. The molecular formula is C19H31N. The number of rotatable bonds is 3. The summed E-state index contributed by atoms with van der Waals surface area (Å²) in [7, 11) is 0. The van der Waals surface area contributed by atoms with Crippen molar-refractivity contribution in [3.63, 3.8) is 0 Å². The second-order valence-corrected chi connectivity index (χ2v) is 6.77. The van der Waals surface area contributed by atoms with Crippen molar-refractivity contribution >= 4 is 0 Å². The van der Waals surface area contributed by atoms with Gasteiger partial charge in [-0.25, -0.2) is 0 Å². The van der Waals surface area contributed by atoms with E-state index in [2.05, 4.69) is 32.9 Å². The van der Waals surface area contributed by atoms with E-state index in [1.54, 1.807) is 0 Å². The van der Waals surface area contributed by atoms with Crippen LogP contribution in [-0.4, -0.2) is 4.98 Å². The van der Waals surface area contributed by atoms with Crippen LogP contribution in [0.4, 0.5) is 0 Å². The van der Waals surface area contributed by atoms with Crippen LogP contribution in [0, 0.1) is 5.92 Å². The lowest BCUT2D eigenvalue weighted by molar-refractivity contribution is 0.444. The molecule has 2 unspecified atom stereocenters. The largest absolute Gasteiger partial charge is 0.257 e. The number of nitrogens with zero attached hydrogens (tertiary/aromatic N) is 1. The van der Waals surface area contributed by atoms with Crippen LogP contribution < -0.4 is 0 Å². The van der Waals surface area contributed by atoms with Crippen molar-refractivity contribution < 1.29 is 0 Å². The molecule has 20 heavy (non-hydrogen) atoms. The Morgan fingerprint density at radius 2 is 1.95 bits per heavy atom. The van der Waals surface area contributed by atoms with Crippen molar-refractivity contribution in [3.05, 3.63) is 29.1 Å². The predicted molar refractivity (Wildman–Crippen MR) is 87.2 cm³/mol. The minimum atomic E-state index is 0.611. The first-order chi connectivity index (χ1) is 9.70. The van der Waals surface area contributed by atoms with Gasteiger partial charge in [0.1, 0.15) is 0 Å². The van der Waals surface area contributed by atoms with Crippen LogP contribution >= 0.6 is 0 Å². The molecule has 2 rings (SSSR count). The molecule has 0 aliphatic heterocycles. The van der Waals surface area contributed by atoms with Crippen molar-refractivity contribution in [1.82, 2.24) is 4.98 Å². The fraction of sp³-hybridized carbons (Fsp3) is 0.737. The van der Waals surface area contributed by atoms with Gasteiger partial charge in [-0.1, -0.05) is 52.5 Å². The lowest BCUT2D eigenvalue weighted by atomic mass is 9.91. The van der Waals surface area contributed by atoms with E-state index in [9.17, 15) is 0 Å². The number of aryl methyl sites for hydroxylation is 2. The Kier molecular flexibility index (Phi) is 6.06. The Morgan fingerprint density at radius 1 is 1.15 bits per heavy atom. The van der Waals surface area contributed by atoms with Gasteiger partial charge in [-0.15, -0.1) is 0 Å². The quantitative estimate of drug-likeness (QED) is 0.691. The predicted octanol–water partition coefficient (Wildman–Crippen LogP) is 5.67. The highest BCUT2D eigenvalue weighted by molar-refractivity contribution is 5.25. The standard InChI is InChI=1S/C19H31N/c1-4-8-16(3)18-14-13-17-11-6-5-9-15(2)10-7-12-19(17)20-18/h13-16H,4-12H2,1-3H3. The smallest absolute Gasteiger partial charge is 0.0438 e. The second-order valence-electron chi connectivity index (χ2n) is 6.77. The number of pyridine rings is 1. The van der Waals surface area contributed by atoms with Crippen LogP contribution in [0.2, 0.25) is 0 Å². The van der Waals surface area contributed by atoms with Gasteiger partial charge in [-0.3, -0.25) is 4.98 Å². The number of aromatic nitrogens is 1. The third-order valence-corrected chi connectivity index (χ3v) is 4.82. The zero-order chi connectivity index (χ0) is 14.4. The third-order valence-electron chi connectivity index (χ3n) is 4.82. The molecule has 1 aliphatic rings. The summed E-state index contributed by atoms with van der Waals surface area (Å²) in [4.78, 5) is 5.03. The maximum Gasteiger partial charge on any atom is 0.0438 e. The molecule has 112 valence electrons. The molecule has 0 N–H and O–H groups in total. The van der Waals surface area contributed by atoms with E-state index in [1.807, 2.05) is 0 Å². The molecule has 0 saturated carbocycles. The first-order valence-corrected chi connectivity index (χ1v) is 8.69. The maximum absolute atomic E-state index is 5.03. The molecule has 1 aliphatic carbocycles. The van der Waals surface area contributed by atoms with Gasteiger partial charge < -0.3 is 0 Å². The summed E-state index contributed by atoms with van der Waals surface area (Å²) in [5, 5.41) is 0. The van der Waals surface area contributed by atoms with Gasteiger partial charge >= 0.3 is 0 Å². The zero-order valence-corrected chi connectivity index (χ0v) is 13.6. The Labute approximate surface area is 125 Å². The van der Waals surface area contributed by atoms with Crippen LogP contribution in [-0.2, 0) is 12.8 Å². The van der Waals surface area contributed by atoms with Gasteiger partial charge in [-0.2, -0.15) is 0 Å². The third kappa shape index (κ3) is 4.33. The summed E-state index contributed by atoms with van der Waals surface area (Å²) in [5.74, 6) is 1.51. The molecule has 0 radical (unpaired) electrons. The van der Waals surface area contributed by atoms with Crippen molar-refractivity contribution in [3.8, 4) is 0 Å². The Hall–Kier alpha value is -0.850. The Morgan fingerprint density at radius 3 is 2.75 bits per heavy atom. The molecule has 1 nitrogen and oxygen atoms in total. The molecule has 0 fully saturated rings. The zero-order valence-electron chi connectivity index (χ0n) is 13.6. The summed E-state index contributed by atoms with van der Waals surface area (Å²) in [5.41, 5.74) is 4.24. The minimum Gasteiger partial charge on any atom is -0.257 e. The van der Waals surface area contributed by atoms with Crippen LogP contribution in [0.1, 0.15) is 88.6 Å². The SMILES string of the molecule is CCCC(C)c1ccc2c(n1)CCCC(C)CCCC2. The van der Waals surface area contributed by atoms with Gasteiger partial charge in [0.15, 0.2) is 0 Å². The molecule has 1 heterocycles. The van der Waals surface area contributed by atoms with Crippen molar-refractivity contribution in [2.75, 3.05) is 0 Å². The van der Waals surface area contributed by atoms with Crippen molar-refractivity contribution in [1.29, 1.82) is 0 Å². The van der Waals surface area contributed by atoms with Crippen molar-refractivity contribution in [2.45, 2.75) is 84.5 Å². The van der Waals surface area contributed by atoms with E-state index in [4.69, 9.17) is 4.98 Å². The number of hydrogen-bond acceptors (Lipinski definition) is 1. The molecule has 2 atom stereocenters. The minimum absolute atomic E-state index is 0.611. The molecular weight excluding hydrogens is 242 g/mol. The highest BCUT2D eigenvalue weighted by Crippen LogP contribution is 2.25. The van der Waals surface area contributed by atoms with E-state index in [0.29, 0.717) is 5.92 Å². The molecule has 1 heteroatoms. The highest BCUT2D eigenvalue weighted by Gasteiger charge is 2.13. The number of fused-ring (bicyclic) bond motifs is 1. The van der Waals surface area contributed by atoms with Crippen LogP contribution in [0.3, 0.4) is 0 Å². The summed E-state index contributed by atoms with van der Waals surface area (Å²) in [6, 6.07) is 4.66. The van der Waals surface area contributed by atoms with Gasteiger partial charge in [0.05, 0.1) is 0 Å². The average molecular weight is 273 g/mol. The monoisotopic (exact) mass is 273 g/mol. The van der Waals surface area contributed by atoms with Gasteiger partial charge in [0.25, 0.3) is 0 Å². The summed E-state index contributed by atoms with van der Waals surface area (Å²) in [6.07, 6.45) is 11.7. The molecule has 1 aromatic heterocycles. The topological polar surface area (TPSA) is 12.9 Å². The Balaban J connectivity index is 2.14. The molecule has 0 amide bonds.